The number of nitrogens with two attached hydrogens (primary N) is 1. The lowest BCUT2D eigenvalue weighted by Crippen LogP contribution is -2.13. The van der Waals surface area contributed by atoms with Crippen LogP contribution in [-0.4, -0.2) is 24.5 Å². The number of aryl methyl sites for hydroxylation is 1. The van der Waals surface area contributed by atoms with Gasteiger partial charge in [0, 0.05) is 18.0 Å². The van der Waals surface area contributed by atoms with Crippen LogP contribution in [0.2, 0.25) is 0 Å². The number of aromatic nitrogens is 2. The highest BCUT2D eigenvalue weighted by Gasteiger charge is 2.16. The molecule has 4 N–H and O–H groups in total. The van der Waals surface area contributed by atoms with Gasteiger partial charge in [0.25, 0.3) is 10.0 Å². The van der Waals surface area contributed by atoms with Crippen LogP contribution in [0, 0.1) is 6.92 Å². The SMILES string of the molecule is Cc1cc(NS(=O)(=O)c2ccc(Nc3ccc(C(N)=O)cn3)cc2)no1. The molecular formula is C16H15N5O4S. The maximum atomic E-state index is 12.3. The zero-order valence-corrected chi connectivity index (χ0v) is 14.4. The van der Waals surface area contributed by atoms with Gasteiger partial charge in [0.15, 0.2) is 5.82 Å². The number of hydrogen-bond donors (Lipinski definition) is 3. The minimum Gasteiger partial charge on any atom is -0.366 e. The van der Waals surface area contributed by atoms with Crippen molar-refractivity contribution in [3.63, 3.8) is 0 Å². The number of carbonyl (C=O) groups excluding carboxylic acids is 1. The van der Waals surface area contributed by atoms with E-state index in [1.165, 1.54) is 24.4 Å². The molecule has 2 aromatic heterocycles. The van der Waals surface area contributed by atoms with E-state index in [2.05, 4.69) is 20.2 Å². The summed E-state index contributed by atoms with van der Waals surface area (Å²) in [6.07, 6.45) is 1.35. The average Bonchev–Trinajstić information content (AvgIpc) is 3.00. The summed E-state index contributed by atoms with van der Waals surface area (Å²) in [6.45, 7) is 1.66. The Morgan fingerprint density at radius 1 is 1.12 bits per heavy atom. The molecule has 1 amide bonds. The van der Waals surface area contributed by atoms with Gasteiger partial charge in [-0.2, -0.15) is 0 Å². The molecule has 0 unspecified atom stereocenters. The number of nitrogens with zero attached hydrogens (tertiary/aromatic N) is 2. The minimum absolute atomic E-state index is 0.0701. The number of sulfonamides is 1. The zero-order valence-electron chi connectivity index (χ0n) is 13.6. The van der Waals surface area contributed by atoms with Crippen molar-refractivity contribution < 1.29 is 17.7 Å². The van der Waals surface area contributed by atoms with E-state index >= 15 is 0 Å². The highest BCUT2D eigenvalue weighted by molar-refractivity contribution is 7.92. The molecule has 134 valence electrons. The fourth-order valence-corrected chi connectivity index (χ4v) is 3.07. The number of pyridine rings is 1. The van der Waals surface area contributed by atoms with Crippen LogP contribution in [0.5, 0.6) is 0 Å². The summed E-state index contributed by atoms with van der Waals surface area (Å²) in [4.78, 5) is 15.2. The molecule has 2 heterocycles. The van der Waals surface area contributed by atoms with Crippen LogP contribution in [0.3, 0.4) is 0 Å². The number of benzene rings is 1. The van der Waals surface area contributed by atoms with Crippen LogP contribution in [0.25, 0.3) is 0 Å². The molecule has 0 saturated carbocycles. The van der Waals surface area contributed by atoms with Crippen LogP contribution in [0.1, 0.15) is 16.1 Å². The number of anilines is 3. The average molecular weight is 373 g/mol. The van der Waals surface area contributed by atoms with Crippen molar-refractivity contribution in [1.29, 1.82) is 0 Å². The van der Waals surface area contributed by atoms with Crippen molar-refractivity contribution in [3.05, 3.63) is 60.0 Å². The molecule has 0 atom stereocenters. The van der Waals surface area contributed by atoms with Crippen molar-refractivity contribution in [2.45, 2.75) is 11.8 Å². The van der Waals surface area contributed by atoms with Crippen LogP contribution >= 0.6 is 0 Å². The van der Waals surface area contributed by atoms with Gasteiger partial charge in [-0.3, -0.25) is 9.52 Å². The Bertz CT molecular complexity index is 1030. The van der Waals surface area contributed by atoms with Crippen molar-refractivity contribution in [2.24, 2.45) is 5.73 Å². The number of carbonyl (C=O) groups is 1. The summed E-state index contributed by atoms with van der Waals surface area (Å²) in [7, 11) is -3.77. The molecule has 0 fully saturated rings. The van der Waals surface area contributed by atoms with Gasteiger partial charge in [0.05, 0.1) is 10.5 Å². The summed E-state index contributed by atoms with van der Waals surface area (Å²) in [5.74, 6) is 0.538. The third kappa shape index (κ3) is 3.98. The van der Waals surface area contributed by atoms with Crippen molar-refractivity contribution in [2.75, 3.05) is 10.0 Å². The molecule has 1 aromatic carbocycles. The molecule has 0 aliphatic heterocycles. The van der Waals surface area contributed by atoms with Gasteiger partial charge < -0.3 is 15.6 Å². The van der Waals surface area contributed by atoms with Crippen LogP contribution in [0.15, 0.2) is 58.1 Å². The van der Waals surface area contributed by atoms with E-state index in [0.717, 1.165) is 0 Å². The van der Waals surface area contributed by atoms with E-state index in [1.807, 2.05) is 0 Å². The number of hydrogen-bond acceptors (Lipinski definition) is 7. The van der Waals surface area contributed by atoms with Gasteiger partial charge in [-0.25, -0.2) is 13.4 Å². The quantitative estimate of drug-likeness (QED) is 0.600. The Morgan fingerprint density at radius 3 is 2.38 bits per heavy atom. The molecule has 0 saturated heterocycles. The summed E-state index contributed by atoms with van der Waals surface area (Å²) >= 11 is 0. The molecule has 0 bridgehead atoms. The standard InChI is InChI=1S/C16H15N5O4S/c1-10-8-15(20-25-10)21-26(23,24)13-5-3-12(4-6-13)19-14-7-2-11(9-18-14)16(17)22/h2-9H,1H3,(H2,17,22)(H,18,19)(H,20,21). The lowest BCUT2D eigenvalue weighted by Gasteiger charge is -2.08. The lowest BCUT2D eigenvalue weighted by molar-refractivity contribution is 0.1000. The monoisotopic (exact) mass is 373 g/mol. The molecule has 0 aliphatic rings. The van der Waals surface area contributed by atoms with E-state index in [1.54, 1.807) is 31.2 Å². The molecule has 0 aliphatic carbocycles. The first kappa shape index (κ1) is 17.4. The molecule has 3 aromatic rings. The van der Waals surface area contributed by atoms with Crippen LogP contribution in [-0.2, 0) is 10.0 Å². The smallest absolute Gasteiger partial charge is 0.263 e. The lowest BCUT2D eigenvalue weighted by atomic mass is 10.2. The van der Waals surface area contributed by atoms with E-state index in [9.17, 15) is 13.2 Å². The summed E-state index contributed by atoms with van der Waals surface area (Å²) in [6, 6.07) is 10.7. The summed E-state index contributed by atoms with van der Waals surface area (Å²) in [5, 5.41) is 6.60. The predicted molar refractivity (Wildman–Crippen MR) is 94.5 cm³/mol. The Morgan fingerprint density at radius 2 is 1.85 bits per heavy atom. The maximum absolute atomic E-state index is 12.3. The second kappa shape index (κ2) is 6.84. The maximum Gasteiger partial charge on any atom is 0.263 e. The van der Waals surface area contributed by atoms with Gasteiger partial charge in [-0.05, 0) is 43.3 Å². The topological polar surface area (TPSA) is 140 Å². The van der Waals surface area contributed by atoms with Gasteiger partial charge in [-0.15, -0.1) is 0 Å². The summed E-state index contributed by atoms with van der Waals surface area (Å²) < 4.78 is 31.8. The van der Waals surface area contributed by atoms with Gasteiger partial charge in [0.1, 0.15) is 11.6 Å². The Balaban J connectivity index is 1.72. The molecular weight excluding hydrogens is 358 g/mol. The molecule has 0 spiro atoms. The first-order chi connectivity index (χ1) is 12.3. The van der Waals surface area contributed by atoms with Crippen LogP contribution < -0.4 is 15.8 Å². The van der Waals surface area contributed by atoms with Crippen molar-refractivity contribution in [1.82, 2.24) is 10.1 Å². The Kier molecular flexibility index (Phi) is 4.59. The van der Waals surface area contributed by atoms with Gasteiger partial charge in [0.2, 0.25) is 5.91 Å². The molecule has 0 radical (unpaired) electrons. The fraction of sp³-hybridized carbons (Fsp3) is 0.0625. The molecule has 3 rings (SSSR count). The minimum atomic E-state index is -3.77. The van der Waals surface area contributed by atoms with Gasteiger partial charge >= 0.3 is 0 Å². The second-order valence-corrected chi connectivity index (χ2v) is 7.06. The number of primary amides is 1. The Hall–Kier alpha value is -3.40. The molecule has 26 heavy (non-hydrogen) atoms. The fourth-order valence-electron chi connectivity index (χ4n) is 2.09. The normalized spacial score (nSPS) is 11.1. The van der Waals surface area contributed by atoms with E-state index < -0.39 is 15.9 Å². The highest BCUT2D eigenvalue weighted by atomic mass is 32.2. The number of rotatable bonds is 6. The van der Waals surface area contributed by atoms with Gasteiger partial charge in [-0.1, -0.05) is 5.16 Å². The van der Waals surface area contributed by atoms with Crippen LogP contribution in [0.4, 0.5) is 17.3 Å². The largest absolute Gasteiger partial charge is 0.366 e. The van der Waals surface area contributed by atoms with E-state index in [-0.39, 0.29) is 10.7 Å². The first-order valence-electron chi connectivity index (χ1n) is 7.42. The molecule has 10 heteroatoms. The summed E-state index contributed by atoms with van der Waals surface area (Å²) in [5.41, 5.74) is 6.08. The number of amides is 1. The third-order valence-electron chi connectivity index (χ3n) is 3.35. The zero-order chi connectivity index (χ0) is 18.7. The van der Waals surface area contributed by atoms with Crippen molar-refractivity contribution in [3.8, 4) is 0 Å². The second-order valence-electron chi connectivity index (χ2n) is 5.37. The number of nitrogens with one attached hydrogen (secondary N) is 2. The highest BCUT2D eigenvalue weighted by Crippen LogP contribution is 2.20. The van der Waals surface area contributed by atoms with E-state index in [4.69, 9.17) is 10.3 Å². The first-order valence-corrected chi connectivity index (χ1v) is 8.91. The van der Waals surface area contributed by atoms with Crippen molar-refractivity contribution >= 4 is 33.3 Å². The van der Waals surface area contributed by atoms with E-state index in [0.29, 0.717) is 22.8 Å². The third-order valence-corrected chi connectivity index (χ3v) is 4.72. The molecule has 9 nitrogen and oxygen atoms in total. The Labute approximate surface area is 149 Å². The predicted octanol–water partition coefficient (Wildman–Crippen LogP) is 2.02.